The van der Waals surface area contributed by atoms with Crippen LogP contribution >= 0.6 is 0 Å². The highest BCUT2D eigenvalue weighted by Gasteiger charge is 2.33. The molecular weight excluding hydrogens is 468 g/mol. The Bertz CT molecular complexity index is 1230. The summed E-state index contributed by atoms with van der Waals surface area (Å²) in [6.07, 6.45) is 2.59. The lowest BCUT2D eigenvalue weighted by atomic mass is 9.86. The number of rotatable bonds is 7. The molecule has 0 saturated carbocycles. The van der Waals surface area contributed by atoms with E-state index in [9.17, 15) is 9.59 Å². The maximum atomic E-state index is 13.5. The molecule has 0 radical (unpaired) electrons. The summed E-state index contributed by atoms with van der Waals surface area (Å²) < 4.78 is 10.9. The van der Waals surface area contributed by atoms with E-state index in [4.69, 9.17) is 9.26 Å². The zero-order valence-corrected chi connectivity index (χ0v) is 22.4. The van der Waals surface area contributed by atoms with Crippen LogP contribution in [-0.2, 0) is 10.2 Å². The molecule has 8 nitrogen and oxygen atoms in total. The van der Waals surface area contributed by atoms with Crippen LogP contribution in [0.1, 0.15) is 74.8 Å². The lowest BCUT2D eigenvalue weighted by Gasteiger charge is -2.35. The third kappa shape index (κ3) is 6.01. The number of hydrogen-bond acceptors (Lipinski definition) is 6. The maximum absolute atomic E-state index is 13.5. The third-order valence-corrected chi connectivity index (χ3v) is 6.87. The minimum atomic E-state index is -0.312. The van der Waals surface area contributed by atoms with Crippen molar-refractivity contribution in [1.82, 2.24) is 19.9 Å². The van der Waals surface area contributed by atoms with Crippen molar-refractivity contribution in [2.24, 2.45) is 0 Å². The minimum Gasteiger partial charge on any atom is -0.497 e. The second-order valence-electron chi connectivity index (χ2n) is 10.4. The molecule has 1 aliphatic rings. The Labute approximate surface area is 218 Å². The third-order valence-electron chi connectivity index (χ3n) is 6.87. The van der Waals surface area contributed by atoms with E-state index < -0.39 is 0 Å². The number of benzene rings is 2. The molecule has 1 atom stereocenters. The summed E-state index contributed by atoms with van der Waals surface area (Å²) in [5.74, 6) is 1.31. The van der Waals surface area contributed by atoms with Crippen molar-refractivity contribution in [3.05, 3.63) is 65.5 Å². The van der Waals surface area contributed by atoms with Gasteiger partial charge < -0.3 is 19.1 Å². The molecule has 0 aliphatic carbocycles. The molecule has 196 valence electrons. The molecule has 2 amide bonds. The van der Waals surface area contributed by atoms with Gasteiger partial charge in [0.1, 0.15) is 18.3 Å². The van der Waals surface area contributed by atoms with Gasteiger partial charge in [0.25, 0.3) is 5.91 Å². The van der Waals surface area contributed by atoms with Crippen molar-refractivity contribution in [3.8, 4) is 17.1 Å². The predicted molar refractivity (Wildman–Crippen MR) is 141 cm³/mol. The number of amides is 2. The molecule has 2 aromatic carbocycles. The predicted octanol–water partition coefficient (Wildman–Crippen LogP) is 5.26. The number of carbonyl (C=O) groups is 2. The van der Waals surface area contributed by atoms with Gasteiger partial charge in [-0.2, -0.15) is 4.98 Å². The highest BCUT2D eigenvalue weighted by molar-refractivity contribution is 5.96. The minimum absolute atomic E-state index is 0.00370. The van der Waals surface area contributed by atoms with E-state index in [2.05, 4.69) is 30.9 Å². The fraction of sp³-hybridized carbons (Fsp3) is 0.448. The highest BCUT2D eigenvalue weighted by Crippen LogP contribution is 2.32. The molecule has 1 aliphatic heterocycles. The topological polar surface area (TPSA) is 88.8 Å². The van der Waals surface area contributed by atoms with Crippen LogP contribution < -0.4 is 4.74 Å². The molecule has 1 saturated heterocycles. The molecule has 1 unspecified atom stereocenters. The Kier molecular flexibility index (Phi) is 7.95. The lowest BCUT2D eigenvalue weighted by molar-refractivity contribution is -0.136. The second kappa shape index (κ2) is 11.2. The van der Waals surface area contributed by atoms with E-state index in [0.29, 0.717) is 36.1 Å². The standard InChI is InChI=1S/C29H36N4O4/c1-6-32(28(35)20-13-15-22(16-14-20)29(2,3)4)19-25(34)33-17-8-7-12-24(33)27-30-26(31-37-27)21-10-9-11-23(18-21)36-5/h9-11,13-16,18,24H,6-8,12,17,19H2,1-5H3. The molecule has 2 heterocycles. The van der Waals surface area contributed by atoms with Crippen LogP contribution in [0, 0.1) is 0 Å². The number of methoxy groups -OCH3 is 1. The Hall–Kier alpha value is -3.68. The van der Waals surface area contributed by atoms with Gasteiger partial charge in [-0.1, -0.05) is 50.2 Å². The van der Waals surface area contributed by atoms with Gasteiger partial charge in [0.15, 0.2) is 0 Å². The maximum Gasteiger partial charge on any atom is 0.254 e. The van der Waals surface area contributed by atoms with Crippen molar-refractivity contribution in [1.29, 1.82) is 0 Å². The van der Waals surface area contributed by atoms with Crippen LogP contribution in [0.5, 0.6) is 5.75 Å². The zero-order valence-electron chi connectivity index (χ0n) is 22.4. The highest BCUT2D eigenvalue weighted by atomic mass is 16.5. The van der Waals surface area contributed by atoms with Crippen LogP contribution in [0.2, 0.25) is 0 Å². The van der Waals surface area contributed by atoms with Crippen molar-refractivity contribution in [2.75, 3.05) is 26.7 Å². The fourth-order valence-electron chi connectivity index (χ4n) is 4.61. The summed E-state index contributed by atoms with van der Waals surface area (Å²) in [6, 6.07) is 14.8. The number of hydrogen-bond donors (Lipinski definition) is 0. The summed E-state index contributed by atoms with van der Waals surface area (Å²) in [5, 5.41) is 4.16. The van der Waals surface area contributed by atoms with Crippen LogP contribution in [-0.4, -0.2) is 58.5 Å². The zero-order chi connectivity index (χ0) is 26.6. The number of nitrogens with zero attached hydrogens (tertiary/aromatic N) is 4. The van der Waals surface area contributed by atoms with E-state index in [1.165, 1.54) is 0 Å². The number of ether oxygens (including phenoxy) is 1. The van der Waals surface area contributed by atoms with Crippen molar-refractivity contribution >= 4 is 11.8 Å². The van der Waals surface area contributed by atoms with Gasteiger partial charge in [0.2, 0.25) is 17.6 Å². The number of likely N-dealkylation sites (N-methyl/N-ethyl adjacent to an activating group) is 1. The smallest absolute Gasteiger partial charge is 0.254 e. The Morgan fingerprint density at radius 1 is 1.14 bits per heavy atom. The Morgan fingerprint density at radius 2 is 1.89 bits per heavy atom. The molecule has 8 heteroatoms. The van der Waals surface area contributed by atoms with E-state index in [1.54, 1.807) is 16.9 Å². The van der Waals surface area contributed by atoms with Gasteiger partial charge in [0.05, 0.1) is 7.11 Å². The summed E-state index contributed by atoms with van der Waals surface area (Å²) >= 11 is 0. The largest absolute Gasteiger partial charge is 0.497 e. The average Bonchev–Trinajstić information content (AvgIpc) is 3.41. The first-order chi connectivity index (χ1) is 17.7. The van der Waals surface area contributed by atoms with Crippen LogP contribution in [0.4, 0.5) is 0 Å². The molecular formula is C29H36N4O4. The van der Waals surface area contributed by atoms with Crippen molar-refractivity contribution < 1.29 is 18.8 Å². The normalized spacial score (nSPS) is 15.9. The molecule has 3 aromatic rings. The molecule has 37 heavy (non-hydrogen) atoms. The fourth-order valence-corrected chi connectivity index (χ4v) is 4.61. The molecule has 4 rings (SSSR count). The van der Waals surface area contributed by atoms with Gasteiger partial charge in [-0.25, -0.2) is 0 Å². The summed E-state index contributed by atoms with van der Waals surface area (Å²) in [5.41, 5.74) is 2.53. The molecule has 1 aromatic heterocycles. The van der Waals surface area contributed by atoms with Gasteiger partial charge in [-0.05, 0) is 61.4 Å². The van der Waals surface area contributed by atoms with Gasteiger partial charge >= 0.3 is 0 Å². The van der Waals surface area contributed by atoms with Gasteiger partial charge in [-0.3, -0.25) is 9.59 Å². The van der Waals surface area contributed by atoms with Crippen LogP contribution in [0.3, 0.4) is 0 Å². The molecule has 0 N–H and O–H groups in total. The first kappa shape index (κ1) is 26.4. The molecule has 0 bridgehead atoms. The first-order valence-corrected chi connectivity index (χ1v) is 12.9. The van der Waals surface area contributed by atoms with E-state index >= 15 is 0 Å². The quantitative estimate of drug-likeness (QED) is 0.436. The van der Waals surface area contributed by atoms with Gasteiger partial charge in [-0.15, -0.1) is 0 Å². The van der Waals surface area contributed by atoms with E-state index in [0.717, 1.165) is 30.4 Å². The average molecular weight is 505 g/mol. The van der Waals surface area contributed by atoms with E-state index in [1.807, 2.05) is 55.5 Å². The van der Waals surface area contributed by atoms with Gasteiger partial charge in [0, 0.05) is 24.2 Å². The summed E-state index contributed by atoms with van der Waals surface area (Å²) in [4.78, 5) is 34.7. The number of carbonyl (C=O) groups excluding carboxylic acids is 2. The summed E-state index contributed by atoms with van der Waals surface area (Å²) in [6.45, 7) is 9.33. The Balaban J connectivity index is 1.48. The molecule has 0 spiro atoms. The van der Waals surface area contributed by atoms with Crippen molar-refractivity contribution in [2.45, 2.75) is 58.4 Å². The lowest BCUT2D eigenvalue weighted by Crippen LogP contribution is -2.46. The first-order valence-electron chi connectivity index (χ1n) is 12.9. The SMILES string of the molecule is CCN(CC(=O)N1CCCCC1c1nc(-c2cccc(OC)c2)no1)C(=O)c1ccc(C(C)(C)C)cc1. The van der Waals surface area contributed by atoms with E-state index in [-0.39, 0.29) is 29.8 Å². The number of aromatic nitrogens is 2. The second-order valence-corrected chi connectivity index (χ2v) is 10.4. The summed E-state index contributed by atoms with van der Waals surface area (Å²) in [7, 11) is 1.61. The van der Waals surface area contributed by atoms with Crippen LogP contribution in [0.15, 0.2) is 53.1 Å². The number of piperidine rings is 1. The monoisotopic (exact) mass is 504 g/mol. The number of likely N-dealkylation sites (tertiary alicyclic amines) is 1. The molecule has 1 fully saturated rings. The van der Waals surface area contributed by atoms with Crippen LogP contribution in [0.25, 0.3) is 11.4 Å². The van der Waals surface area contributed by atoms with Crippen molar-refractivity contribution in [3.63, 3.8) is 0 Å². The Morgan fingerprint density at radius 3 is 2.57 bits per heavy atom.